The van der Waals surface area contributed by atoms with Crippen molar-refractivity contribution >= 4 is 24.1 Å². The van der Waals surface area contributed by atoms with E-state index in [9.17, 15) is 19.2 Å². The highest BCUT2D eigenvalue weighted by Crippen LogP contribution is 2.69. The molecule has 6 fully saturated rings. The lowest BCUT2D eigenvalue weighted by Gasteiger charge is -2.58. The van der Waals surface area contributed by atoms with Gasteiger partial charge in [-0.1, -0.05) is 143 Å². The summed E-state index contributed by atoms with van der Waals surface area (Å²) in [5.74, 6) is 20.2. The van der Waals surface area contributed by atoms with Crippen molar-refractivity contribution in [2.24, 2.45) is 92.7 Å². The lowest BCUT2D eigenvalue weighted by Crippen LogP contribution is -2.51. The fourth-order valence-corrected chi connectivity index (χ4v) is 19.2. The van der Waals surface area contributed by atoms with Crippen LogP contribution >= 0.6 is 0 Å². The van der Waals surface area contributed by atoms with Gasteiger partial charge in [0, 0.05) is 38.8 Å². The molecule has 0 unspecified atom stereocenters. The molecule has 2 N–H and O–H groups in total. The average Bonchev–Trinajstić information content (AvgIpc) is 4.01. The Morgan fingerprint density at radius 1 is 0.537 bits per heavy atom. The molecule has 0 aliphatic heterocycles. The van der Waals surface area contributed by atoms with Crippen LogP contribution in [0, 0.1) is 116 Å². The van der Waals surface area contributed by atoms with E-state index in [4.69, 9.17) is 18.9 Å². The van der Waals surface area contributed by atoms with E-state index in [1.54, 1.807) is 0 Å². The maximum atomic E-state index is 12.9. The van der Waals surface area contributed by atoms with Gasteiger partial charge in [0.25, 0.3) is 0 Å². The van der Waals surface area contributed by atoms with E-state index in [-0.39, 0.29) is 74.1 Å². The zero-order chi connectivity index (χ0) is 57.2. The van der Waals surface area contributed by atoms with Crippen molar-refractivity contribution in [3.05, 3.63) is 23.3 Å². The van der Waals surface area contributed by atoms with E-state index in [2.05, 4.69) is 116 Å². The number of fused-ring (bicyclic) bond motifs is 10. The minimum Gasteiger partial charge on any atom is -0.462 e. The molecule has 8 aliphatic carbocycles. The fraction of sp³-hybridized carbons (Fsp3) is 0.829. The van der Waals surface area contributed by atoms with Gasteiger partial charge in [0.1, 0.15) is 25.4 Å². The first-order chi connectivity index (χ1) is 38.2. The minimum atomic E-state index is -0.599. The minimum absolute atomic E-state index is 0.0928. The van der Waals surface area contributed by atoms with Crippen LogP contribution in [0.3, 0.4) is 0 Å². The lowest BCUT2D eigenvalue weighted by molar-refractivity contribution is -0.152. The molecule has 8 aliphatic rings. The third-order valence-corrected chi connectivity index (χ3v) is 23.5. The second-order valence-corrected chi connectivity index (χ2v) is 29.0. The van der Waals surface area contributed by atoms with Crippen LogP contribution in [0.25, 0.3) is 0 Å². The monoisotopic (exact) mass is 1100 g/mol. The highest BCUT2D eigenvalue weighted by molar-refractivity contribution is 5.72. The van der Waals surface area contributed by atoms with E-state index in [1.807, 2.05) is 0 Å². The Morgan fingerprint density at radius 2 is 0.950 bits per heavy atom. The van der Waals surface area contributed by atoms with Crippen LogP contribution in [0.2, 0.25) is 0 Å². The first kappa shape index (κ1) is 62.1. The van der Waals surface area contributed by atoms with Gasteiger partial charge in [-0.15, -0.1) is 0 Å². The lowest BCUT2D eigenvalue weighted by atomic mass is 9.47. The number of ether oxygens (including phenoxy) is 4. The molecule has 2 amide bonds. The second-order valence-electron chi connectivity index (χ2n) is 29.0. The summed E-state index contributed by atoms with van der Waals surface area (Å²) in [6.07, 6.45) is 31.6. The summed E-state index contributed by atoms with van der Waals surface area (Å²) in [5, 5.41) is 5.31. The molecule has 80 heavy (non-hydrogen) atoms. The zero-order valence-corrected chi connectivity index (χ0v) is 51.7. The number of nitrogens with one attached hydrogen (secondary N) is 2. The highest BCUT2D eigenvalue weighted by Gasteiger charge is 2.61. The number of hydrogen-bond donors (Lipinski definition) is 2. The smallest absolute Gasteiger partial charge is 0.407 e. The van der Waals surface area contributed by atoms with Crippen LogP contribution < -0.4 is 10.6 Å². The summed E-state index contributed by atoms with van der Waals surface area (Å²) in [7, 11) is 0. The van der Waals surface area contributed by atoms with Gasteiger partial charge < -0.3 is 29.6 Å². The van der Waals surface area contributed by atoms with Crippen molar-refractivity contribution < 1.29 is 38.1 Å². The maximum Gasteiger partial charge on any atom is 0.407 e. The van der Waals surface area contributed by atoms with Gasteiger partial charge in [0.15, 0.2) is 0 Å². The molecule has 10 heteroatoms. The molecular weight excluding hydrogens is 997 g/mol. The molecule has 0 radical (unpaired) electrons. The van der Waals surface area contributed by atoms with E-state index in [0.717, 1.165) is 110 Å². The Bertz CT molecular complexity index is 2170. The Balaban J connectivity index is 0.635. The maximum absolute atomic E-state index is 12.9. The van der Waals surface area contributed by atoms with Crippen LogP contribution in [-0.2, 0) is 28.5 Å². The molecule has 0 spiro atoms. The summed E-state index contributed by atoms with van der Waals surface area (Å²) in [5.41, 5.74) is 4.38. The Labute approximate surface area is 485 Å². The first-order valence-corrected chi connectivity index (χ1v) is 32.8. The highest BCUT2D eigenvalue weighted by atomic mass is 16.6. The number of alkyl carbamates (subject to hydrolysis) is 2. The molecule has 446 valence electrons. The Hall–Kier alpha value is -3.92. The standard InChI is InChI=1S/C70H108N2O8/c1-47(2)19-17-21-49(5)57-27-29-59-55-25-23-51-45-53(31-37-67(51,7)61(55)33-39-69(57,59)9)79-63(73)35-41-71-65(75)77-43-15-13-11-12-14-16-44-78-66(76)72-42-36-64(74)80-54-32-38-68(8)52(46-54)24-26-56-60-30-28-58(50(6)22-18-20-48(3)4)70(60,10)40-34-62(56)68/h23-24,47-50,53-62H,15-22,25-46H2,1-10H3,(H,71,75)(H,72,76)/t49-,50-,53+,54+,55+,56+,57-,58-,59+,60+,61+,62+,67+,68+,69-,70-/m1/s1. The van der Waals surface area contributed by atoms with Crippen LogP contribution in [0.5, 0.6) is 0 Å². The predicted molar refractivity (Wildman–Crippen MR) is 319 cm³/mol. The fourth-order valence-electron chi connectivity index (χ4n) is 19.2. The summed E-state index contributed by atoms with van der Waals surface area (Å²) in [6.45, 7) is 25.3. The largest absolute Gasteiger partial charge is 0.462 e. The number of carbonyl (C=O) groups excluding carboxylic acids is 4. The number of esters is 2. The van der Waals surface area contributed by atoms with Crippen LogP contribution in [-0.4, -0.2) is 62.6 Å². The van der Waals surface area contributed by atoms with Gasteiger partial charge >= 0.3 is 24.1 Å². The molecule has 16 atom stereocenters. The summed E-state index contributed by atoms with van der Waals surface area (Å²) in [6, 6.07) is 0. The quantitative estimate of drug-likeness (QED) is 0.0361. The molecule has 8 rings (SSSR count). The summed E-state index contributed by atoms with van der Waals surface area (Å²) in [4.78, 5) is 50.4. The SMILES string of the molecule is CC(C)CCC[C@@H](C)[C@H]1CC[C@H]2[C@@H]3CC=C4C[C@@H](OC(=O)CCNC(=O)OCCC#CC#CCCOC(=O)NCCC(=O)O[C@H]5CC[C@@]6(C)C(=CC[C@H]7[C@@H]8CC[C@H]([C@H](C)CCCC(C)C)[C@@]8(C)CC[C@@H]76)C5)CC[C@]4(C)[C@H]3CC[C@]12C. The van der Waals surface area contributed by atoms with E-state index in [1.165, 1.54) is 114 Å². The van der Waals surface area contributed by atoms with Gasteiger partial charge in [-0.05, 0) is 194 Å². The molecule has 0 aromatic carbocycles. The molecule has 6 saturated carbocycles. The topological polar surface area (TPSA) is 129 Å². The Kier molecular flexibility index (Phi) is 21.5. The van der Waals surface area contributed by atoms with Crippen molar-refractivity contribution in [2.75, 3.05) is 26.3 Å². The van der Waals surface area contributed by atoms with Crippen molar-refractivity contribution in [3.8, 4) is 23.7 Å². The molecule has 10 nitrogen and oxygen atoms in total. The van der Waals surface area contributed by atoms with E-state index < -0.39 is 12.2 Å². The van der Waals surface area contributed by atoms with Crippen molar-refractivity contribution in [1.82, 2.24) is 10.6 Å². The molecular formula is C70H108N2O8. The van der Waals surface area contributed by atoms with Gasteiger partial charge in [-0.2, -0.15) is 0 Å². The Morgan fingerprint density at radius 3 is 1.35 bits per heavy atom. The third-order valence-electron chi connectivity index (χ3n) is 23.5. The number of rotatable bonds is 22. The van der Waals surface area contributed by atoms with E-state index in [0.29, 0.717) is 23.7 Å². The third kappa shape index (κ3) is 14.5. The molecule has 0 aromatic rings. The predicted octanol–water partition coefficient (Wildman–Crippen LogP) is 15.9. The van der Waals surface area contributed by atoms with Crippen molar-refractivity contribution in [3.63, 3.8) is 0 Å². The van der Waals surface area contributed by atoms with E-state index >= 15 is 0 Å². The van der Waals surface area contributed by atoms with Gasteiger partial charge in [0.05, 0.1) is 12.8 Å². The van der Waals surface area contributed by atoms with Gasteiger partial charge in [-0.3, -0.25) is 9.59 Å². The average molecular weight is 1110 g/mol. The number of carbonyl (C=O) groups is 4. The zero-order valence-electron chi connectivity index (χ0n) is 51.7. The van der Waals surface area contributed by atoms with Crippen LogP contribution in [0.15, 0.2) is 23.3 Å². The number of amides is 2. The molecule has 0 aromatic heterocycles. The second kappa shape index (κ2) is 27.6. The summed E-state index contributed by atoms with van der Waals surface area (Å²) < 4.78 is 22.4. The van der Waals surface area contributed by atoms with Crippen LogP contribution in [0.1, 0.15) is 236 Å². The molecule has 0 heterocycles. The molecule has 0 bridgehead atoms. The first-order valence-electron chi connectivity index (χ1n) is 32.8. The van der Waals surface area contributed by atoms with Gasteiger partial charge in [0.2, 0.25) is 0 Å². The van der Waals surface area contributed by atoms with Gasteiger partial charge in [-0.25, -0.2) is 9.59 Å². The summed E-state index contributed by atoms with van der Waals surface area (Å²) >= 11 is 0. The van der Waals surface area contributed by atoms with Crippen molar-refractivity contribution in [1.29, 1.82) is 0 Å². The number of allylic oxidation sites excluding steroid dienone is 2. The van der Waals surface area contributed by atoms with Crippen LogP contribution in [0.4, 0.5) is 9.59 Å². The number of hydrogen-bond acceptors (Lipinski definition) is 8. The van der Waals surface area contributed by atoms with Crippen molar-refractivity contribution in [2.45, 2.75) is 248 Å². The normalized spacial score (nSPS) is 35.5. The molecule has 0 saturated heterocycles.